The molecule has 56 heavy (non-hydrogen) atoms. The number of benzene rings is 2. The number of aliphatic hydroxyl groups is 3. The maximum atomic E-state index is 9.23. The molecule has 15 nitrogen and oxygen atoms in total. The van der Waals surface area contributed by atoms with E-state index in [9.17, 15) is 10.2 Å². The molecule has 302 valence electrons. The Morgan fingerprint density at radius 2 is 0.857 bits per heavy atom. The number of rotatable bonds is 13. The Morgan fingerprint density at radius 1 is 0.482 bits per heavy atom. The largest absolute Gasteiger partial charge is 0.452 e. The number of aliphatic hydroxyl groups excluding tert-OH is 3. The third-order valence-electron chi connectivity index (χ3n) is 9.76. The molecule has 0 aliphatic carbocycles. The van der Waals surface area contributed by atoms with Crippen LogP contribution in [0.2, 0.25) is 15.3 Å². The van der Waals surface area contributed by atoms with Crippen LogP contribution in [0, 0.1) is 0 Å². The zero-order chi connectivity index (χ0) is 39.3. The predicted octanol–water partition coefficient (Wildman–Crippen LogP) is 3.84. The summed E-state index contributed by atoms with van der Waals surface area (Å²) in [5, 5.41) is 28.9. The van der Waals surface area contributed by atoms with Crippen LogP contribution < -0.4 is 24.2 Å². The molecule has 0 unspecified atom stereocenters. The van der Waals surface area contributed by atoms with Crippen LogP contribution in [-0.4, -0.2) is 168 Å². The molecule has 0 amide bonds. The smallest absolute Gasteiger partial charge is 0.227 e. The number of hydrogen-bond acceptors (Lipinski definition) is 15. The molecule has 5 heterocycles. The lowest BCUT2D eigenvalue weighted by Gasteiger charge is -2.37. The molecule has 2 aromatic heterocycles. The normalized spacial score (nSPS) is 17.1. The monoisotopic (exact) mass is 830 g/mol. The maximum Gasteiger partial charge on any atom is 0.227 e. The standard InChI is InChI=1S/C22H31ClN6O3.C16H18Cl2N4O2/c23-18-1-3-19(4-2-18)32-20-17-24-22(29-11-7-27(8-12-29)14-16-31)25-21(20)28-9-5-26(6-10-28)13-15-30;17-12-1-3-13(4-2-12)24-14-11-19-16(18)20-15(14)22-7-5-21(6-8-22)9-10-23/h1-4,17,30-31H,5-16H2;1-4,11,23H,5-10H2. The summed E-state index contributed by atoms with van der Waals surface area (Å²) in [4.78, 5) is 31.1. The van der Waals surface area contributed by atoms with Gasteiger partial charge in [-0.25, -0.2) is 9.97 Å². The van der Waals surface area contributed by atoms with Crippen LogP contribution in [0.15, 0.2) is 60.9 Å². The van der Waals surface area contributed by atoms with Crippen LogP contribution in [0.1, 0.15) is 0 Å². The van der Waals surface area contributed by atoms with Gasteiger partial charge in [-0.1, -0.05) is 23.2 Å². The second-order valence-electron chi connectivity index (χ2n) is 13.5. The Kier molecular flexibility index (Phi) is 15.8. The Morgan fingerprint density at radius 3 is 1.27 bits per heavy atom. The van der Waals surface area contributed by atoms with Crippen LogP contribution in [0.5, 0.6) is 23.0 Å². The summed E-state index contributed by atoms with van der Waals surface area (Å²) in [5.74, 6) is 4.67. The number of hydrogen-bond donors (Lipinski definition) is 3. The topological polar surface area (TPSA) is 150 Å². The Labute approximate surface area is 342 Å². The van der Waals surface area contributed by atoms with Crippen LogP contribution >= 0.6 is 34.8 Å². The predicted molar refractivity (Wildman–Crippen MR) is 219 cm³/mol. The van der Waals surface area contributed by atoms with E-state index in [0.717, 1.165) is 84.4 Å². The highest BCUT2D eigenvalue weighted by Gasteiger charge is 2.26. The minimum atomic E-state index is 0.171. The van der Waals surface area contributed by atoms with Gasteiger partial charge in [-0.2, -0.15) is 9.97 Å². The first-order chi connectivity index (χ1) is 27.3. The summed E-state index contributed by atoms with van der Waals surface area (Å²) in [7, 11) is 0. The van der Waals surface area contributed by atoms with Crippen molar-refractivity contribution in [3.05, 3.63) is 76.3 Å². The van der Waals surface area contributed by atoms with Crippen molar-refractivity contribution in [3.63, 3.8) is 0 Å². The molecule has 3 N–H and O–H groups in total. The summed E-state index contributed by atoms with van der Waals surface area (Å²) in [6.07, 6.45) is 3.34. The van der Waals surface area contributed by atoms with Crippen LogP contribution in [0.25, 0.3) is 0 Å². The average molecular weight is 832 g/mol. The van der Waals surface area contributed by atoms with E-state index in [1.54, 1.807) is 48.8 Å². The molecule has 18 heteroatoms. The highest BCUT2D eigenvalue weighted by Crippen LogP contribution is 2.34. The van der Waals surface area contributed by atoms with E-state index in [0.29, 0.717) is 64.4 Å². The lowest BCUT2D eigenvalue weighted by Crippen LogP contribution is -2.48. The third-order valence-corrected chi connectivity index (χ3v) is 10.4. The maximum absolute atomic E-state index is 9.23. The van der Waals surface area contributed by atoms with Gasteiger partial charge in [0, 0.05) is 108 Å². The Hall–Kier alpha value is -3.77. The lowest BCUT2D eigenvalue weighted by atomic mass is 10.3. The number of ether oxygens (including phenoxy) is 2. The summed E-state index contributed by atoms with van der Waals surface area (Å²) >= 11 is 17.9. The molecule has 0 saturated carbocycles. The quantitative estimate of drug-likeness (QED) is 0.168. The first-order valence-electron chi connectivity index (χ1n) is 18.8. The molecule has 3 aliphatic heterocycles. The van der Waals surface area contributed by atoms with E-state index in [2.05, 4.69) is 44.4 Å². The highest BCUT2D eigenvalue weighted by atomic mass is 35.5. The molecule has 3 fully saturated rings. The molecule has 0 bridgehead atoms. The van der Waals surface area contributed by atoms with Gasteiger partial charge in [-0.15, -0.1) is 0 Å². The fraction of sp³-hybridized carbons (Fsp3) is 0.474. The van der Waals surface area contributed by atoms with Gasteiger partial charge in [-0.3, -0.25) is 14.7 Å². The van der Waals surface area contributed by atoms with E-state index in [-0.39, 0.29) is 25.1 Å². The minimum Gasteiger partial charge on any atom is -0.452 e. The minimum absolute atomic E-state index is 0.171. The number of aromatic nitrogens is 4. The van der Waals surface area contributed by atoms with Crippen molar-refractivity contribution in [1.29, 1.82) is 0 Å². The number of anilines is 3. The van der Waals surface area contributed by atoms with E-state index in [1.165, 1.54) is 0 Å². The molecule has 2 aromatic carbocycles. The number of β-amino-alcohol motifs (C(OH)–C–C–N with tert-alkyl or cyclic N) is 3. The summed E-state index contributed by atoms with van der Waals surface area (Å²) < 4.78 is 12.1. The first-order valence-corrected chi connectivity index (χ1v) is 20.0. The van der Waals surface area contributed by atoms with Crippen molar-refractivity contribution in [1.82, 2.24) is 34.6 Å². The Bertz CT molecular complexity index is 1790. The Balaban J connectivity index is 0.000000198. The molecule has 3 aliphatic rings. The molecular weight excluding hydrogens is 783 g/mol. The number of piperazine rings is 3. The molecule has 0 radical (unpaired) electrons. The molecule has 7 rings (SSSR count). The second-order valence-corrected chi connectivity index (χ2v) is 14.7. The van der Waals surface area contributed by atoms with Gasteiger partial charge in [0.05, 0.1) is 32.2 Å². The third kappa shape index (κ3) is 11.9. The van der Waals surface area contributed by atoms with Crippen LogP contribution in [0.3, 0.4) is 0 Å². The summed E-state index contributed by atoms with van der Waals surface area (Å²) in [6, 6.07) is 14.4. The zero-order valence-corrected chi connectivity index (χ0v) is 33.5. The number of halogens is 3. The lowest BCUT2D eigenvalue weighted by molar-refractivity contribution is 0.187. The molecular formula is C38H49Cl3N10O5. The fourth-order valence-electron chi connectivity index (χ4n) is 6.66. The molecule has 3 saturated heterocycles. The van der Waals surface area contributed by atoms with E-state index >= 15 is 0 Å². The van der Waals surface area contributed by atoms with E-state index in [1.807, 2.05) is 12.1 Å². The zero-order valence-electron chi connectivity index (χ0n) is 31.3. The molecule has 4 aromatic rings. The van der Waals surface area contributed by atoms with Crippen LogP contribution in [-0.2, 0) is 0 Å². The van der Waals surface area contributed by atoms with Gasteiger partial charge in [0.2, 0.25) is 11.2 Å². The fourth-order valence-corrected chi connectivity index (χ4v) is 7.05. The molecule has 0 atom stereocenters. The van der Waals surface area contributed by atoms with Crippen molar-refractivity contribution < 1.29 is 24.8 Å². The van der Waals surface area contributed by atoms with Crippen molar-refractivity contribution in [2.45, 2.75) is 0 Å². The van der Waals surface area contributed by atoms with Crippen molar-refractivity contribution in [2.24, 2.45) is 0 Å². The van der Waals surface area contributed by atoms with Gasteiger partial charge >= 0.3 is 0 Å². The van der Waals surface area contributed by atoms with E-state index in [4.69, 9.17) is 54.4 Å². The van der Waals surface area contributed by atoms with Crippen molar-refractivity contribution >= 4 is 52.4 Å². The first kappa shape index (κ1) is 41.9. The number of nitrogens with zero attached hydrogens (tertiary/aromatic N) is 10. The van der Waals surface area contributed by atoms with Crippen LogP contribution in [0.4, 0.5) is 17.6 Å². The summed E-state index contributed by atoms with van der Waals surface area (Å²) in [5.41, 5.74) is 0. The van der Waals surface area contributed by atoms with Gasteiger partial charge in [0.25, 0.3) is 0 Å². The van der Waals surface area contributed by atoms with Gasteiger partial charge < -0.3 is 39.5 Å². The van der Waals surface area contributed by atoms with E-state index < -0.39 is 0 Å². The van der Waals surface area contributed by atoms with Crippen molar-refractivity contribution in [3.8, 4) is 23.0 Å². The summed E-state index contributed by atoms with van der Waals surface area (Å²) in [6.45, 7) is 12.6. The molecule has 0 spiro atoms. The SMILES string of the molecule is OCCN1CCN(c2nc(Cl)ncc2Oc2ccc(Cl)cc2)CC1.OCCN1CCN(c2ncc(Oc3ccc(Cl)cc3)c(N3CCN(CCO)CC3)n2)CC1. The highest BCUT2D eigenvalue weighted by molar-refractivity contribution is 6.30. The second kappa shape index (κ2) is 21.1. The van der Waals surface area contributed by atoms with Gasteiger partial charge in [0.15, 0.2) is 23.1 Å². The van der Waals surface area contributed by atoms with Gasteiger partial charge in [0.1, 0.15) is 11.5 Å². The average Bonchev–Trinajstić information content (AvgIpc) is 3.22. The van der Waals surface area contributed by atoms with Crippen molar-refractivity contribution in [2.75, 3.05) is 133 Å². The van der Waals surface area contributed by atoms with Gasteiger partial charge in [-0.05, 0) is 60.1 Å².